The molecule has 2 atom stereocenters. The van der Waals surface area contributed by atoms with Crippen LogP contribution in [0.25, 0.3) is 10.9 Å². The van der Waals surface area contributed by atoms with Crippen molar-refractivity contribution < 1.29 is 19.4 Å². The van der Waals surface area contributed by atoms with Crippen LogP contribution in [0.3, 0.4) is 0 Å². The van der Waals surface area contributed by atoms with E-state index in [0.29, 0.717) is 28.7 Å². The number of amides is 1. The van der Waals surface area contributed by atoms with Crippen LogP contribution in [0.15, 0.2) is 60.7 Å². The van der Waals surface area contributed by atoms with Gasteiger partial charge in [0.25, 0.3) is 5.91 Å². The van der Waals surface area contributed by atoms with Crippen molar-refractivity contribution in [2.24, 2.45) is 5.92 Å². The standard InChI is InChI=1S/C37H43ClN2O4/c1-22(27-10-13-29(14-11-27)37(4,5)6)39-35(41)28-12-15-32-33(23(2)40(34(32)19-28)21-25-8-7-9-25)18-26-16-30(38)20-31(17-26)44-24(3)36(42)43/h10-17,19-20,22,24-25H,7-9,18,21H2,1-6H3,(H,39,41)(H,42,43)/t22-,24-/m0/s1. The van der Waals surface area contributed by atoms with Crippen LogP contribution in [0.1, 0.15) is 98.2 Å². The maximum Gasteiger partial charge on any atom is 0.344 e. The van der Waals surface area contributed by atoms with Crippen LogP contribution in [0, 0.1) is 12.8 Å². The summed E-state index contributed by atoms with van der Waals surface area (Å²) in [5.74, 6) is -0.0676. The van der Waals surface area contributed by atoms with Crippen LogP contribution in [0.2, 0.25) is 5.02 Å². The van der Waals surface area contributed by atoms with E-state index in [4.69, 9.17) is 16.3 Å². The molecule has 1 saturated carbocycles. The Hall–Kier alpha value is -3.77. The van der Waals surface area contributed by atoms with Gasteiger partial charge < -0.3 is 19.7 Å². The van der Waals surface area contributed by atoms with Crippen molar-refractivity contribution in [1.29, 1.82) is 0 Å². The summed E-state index contributed by atoms with van der Waals surface area (Å²) in [6.07, 6.45) is 3.32. The first-order valence-electron chi connectivity index (χ1n) is 15.5. The van der Waals surface area contributed by atoms with E-state index in [9.17, 15) is 14.7 Å². The van der Waals surface area contributed by atoms with Gasteiger partial charge in [-0.15, -0.1) is 0 Å². The number of aromatic nitrogens is 1. The van der Waals surface area contributed by atoms with Crippen molar-refractivity contribution in [3.05, 3.63) is 99.2 Å². The molecule has 5 rings (SSSR count). The minimum absolute atomic E-state index is 0.0770. The minimum atomic E-state index is -1.03. The molecule has 0 bridgehead atoms. The van der Waals surface area contributed by atoms with Crippen molar-refractivity contribution in [1.82, 2.24) is 9.88 Å². The predicted octanol–water partition coefficient (Wildman–Crippen LogP) is 8.63. The summed E-state index contributed by atoms with van der Waals surface area (Å²) in [4.78, 5) is 24.8. The van der Waals surface area contributed by atoms with E-state index in [1.807, 2.05) is 31.2 Å². The molecule has 0 saturated heterocycles. The van der Waals surface area contributed by atoms with Gasteiger partial charge in [0.1, 0.15) is 5.75 Å². The lowest BCUT2D eigenvalue weighted by atomic mass is 9.85. The molecule has 0 unspecified atom stereocenters. The molecule has 1 aliphatic rings. The maximum absolute atomic E-state index is 13.5. The van der Waals surface area contributed by atoms with Crippen molar-refractivity contribution >= 4 is 34.4 Å². The Bertz CT molecular complexity index is 1680. The van der Waals surface area contributed by atoms with Gasteiger partial charge in [0, 0.05) is 40.1 Å². The lowest BCUT2D eigenvalue weighted by Gasteiger charge is -2.27. The summed E-state index contributed by atoms with van der Waals surface area (Å²) >= 11 is 6.43. The third-order valence-corrected chi connectivity index (χ3v) is 9.20. The van der Waals surface area contributed by atoms with E-state index < -0.39 is 12.1 Å². The van der Waals surface area contributed by atoms with Gasteiger partial charge in [0.2, 0.25) is 0 Å². The molecule has 1 heterocycles. The van der Waals surface area contributed by atoms with E-state index in [2.05, 4.69) is 67.9 Å². The lowest BCUT2D eigenvalue weighted by Crippen LogP contribution is -2.26. The molecule has 3 aromatic carbocycles. The molecular formula is C37H43ClN2O4. The number of ether oxygens (including phenoxy) is 1. The number of carboxylic acids is 1. The van der Waals surface area contributed by atoms with Crippen LogP contribution >= 0.6 is 11.6 Å². The zero-order valence-electron chi connectivity index (χ0n) is 26.5. The second-order valence-corrected chi connectivity index (χ2v) is 13.8. The topological polar surface area (TPSA) is 80.6 Å². The number of hydrogen-bond donors (Lipinski definition) is 2. The Morgan fingerprint density at radius 1 is 1.05 bits per heavy atom. The molecule has 6 nitrogen and oxygen atoms in total. The SMILES string of the molecule is Cc1c(Cc2cc(Cl)cc(O[C@@H](C)C(=O)O)c2)c2ccc(C(=O)N[C@@H](C)c3ccc(C(C)(C)C)cc3)cc2n1CC1CCC1. The highest BCUT2D eigenvalue weighted by molar-refractivity contribution is 6.30. The number of rotatable bonds is 10. The number of carbonyl (C=O) groups is 2. The van der Waals surface area contributed by atoms with Gasteiger partial charge in [-0.1, -0.05) is 69.1 Å². The normalized spacial score (nSPS) is 15.1. The fourth-order valence-corrected chi connectivity index (χ4v) is 6.21. The molecule has 232 valence electrons. The van der Waals surface area contributed by atoms with Crippen molar-refractivity contribution in [3.8, 4) is 5.75 Å². The Balaban J connectivity index is 1.44. The smallest absolute Gasteiger partial charge is 0.344 e. The molecule has 1 fully saturated rings. The number of nitrogens with one attached hydrogen (secondary N) is 1. The van der Waals surface area contributed by atoms with Crippen LogP contribution in [0.4, 0.5) is 0 Å². The van der Waals surface area contributed by atoms with E-state index in [1.54, 1.807) is 6.07 Å². The van der Waals surface area contributed by atoms with E-state index in [-0.39, 0.29) is 17.4 Å². The Kier molecular flexibility index (Phi) is 9.12. The highest BCUT2D eigenvalue weighted by Gasteiger charge is 2.24. The van der Waals surface area contributed by atoms with Crippen LogP contribution < -0.4 is 10.1 Å². The van der Waals surface area contributed by atoms with E-state index in [0.717, 1.165) is 39.8 Å². The second-order valence-electron chi connectivity index (χ2n) is 13.3. The van der Waals surface area contributed by atoms with Gasteiger partial charge in [0.05, 0.1) is 6.04 Å². The molecule has 44 heavy (non-hydrogen) atoms. The average Bonchev–Trinajstić information content (AvgIpc) is 3.19. The predicted molar refractivity (Wildman–Crippen MR) is 177 cm³/mol. The molecular weight excluding hydrogens is 572 g/mol. The fourth-order valence-electron chi connectivity index (χ4n) is 5.97. The summed E-state index contributed by atoms with van der Waals surface area (Å²) in [7, 11) is 0. The Morgan fingerprint density at radius 2 is 1.75 bits per heavy atom. The van der Waals surface area contributed by atoms with E-state index in [1.165, 1.54) is 31.7 Å². The average molecular weight is 615 g/mol. The quantitative estimate of drug-likeness (QED) is 0.187. The van der Waals surface area contributed by atoms with Gasteiger partial charge in [-0.05, 0) is 97.5 Å². The Morgan fingerprint density at radius 3 is 2.36 bits per heavy atom. The van der Waals surface area contributed by atoms with Crippen molar-refractivity contribution in [2.45, 2.75) is 91.3 Å². The number of carbonyl (C=O) groups excluding carboxylic acids is 1. The van der Waals surface area contributed by atoms with Gasteiger partial charge in [0.15, 0.2) is 6.10 Å². The first kappa shape index (κ1) is 31.6. The molecule has 1 amide bonds. The van der Waals surface area contributed by atoms with Gasteiger partial charge in [-0.2, -0.15) is 0 Å². The minimum Gasteiger partial charge on any atom is -0.479 e. The number of halogens is 1. The zero-order valence-corrected chi connectivity index (χ0v) is 27.3. The van der Waals surface area contributed by atoms with Gasteiger partial charge in [-0.3, -0.25) is 4.79 Å². The van der Waals surface area contributed by atoms with Crippen molar-refractivity contribution in [2.75, 3.05) is 0 Å². The highest BCUT2D eigenvalue weighted by atomic mass is 35.5. The lowest BCUT2D eigenvalue weighted by molar-refractivity contribution is -0.144. The number of carboxylic acid groups (broad SMARTS) is 1. The maximum atomic E-state index is 13.5. The number of nitrogens with zero attached hydrogens (tertiary/aromatic N) is 1. The van der Waals surface area contributed by atoms with Gasteiger partial charge in [-0.25, -0.2) is 4.79 Å². The summed E-state index contributed by atoms with van der Waals surface area (Å²) in [5.41, 5.74) is 7.36. The third kappa shape index (κ3) is 6.96. The van der Waals surface area contributed by atoms with Crippen LogP contribution in [-0.4, -0.2) is 27.7 Å². The summed E-state index contributed by atoms with van der Waals surface area (Å²) < 4.78 is 7.99. The first-order chi connectivity index (χ1) is 20.8. The second kappa shape index (κ2) is 12.7. The molecule has 0 aliphatic heterocycles. The van der Waals surface area contributed by atoms with E-state index >= 15 is 0 Å². The molecule has 2 N–H and O–H groups in total. The number of hydrogen-bond acceptors (Lipinski definition) is 3. The Labute approximate surface area is 265 Å². The molecule has 1 aliphatic carbocycles. The molecule has 7 heteroatoms. The first-order valence-corrected chi connectivity index (χ1v) is 15.9. The monoisotopic (exact) mass is 614 g/mol. The molecule has 0 spiro atoms. The molecule has 4 aromatic rings. The number of aliphatic carboxylic acids is 1. The van der Waals surface area contributed by atoms with Crippen LogP contribution in [-0.2, 0) is 23.2 Å². The summed E-state index contributed by atoms with van der Waals surface area (Å²) in [5, 5.41) is 14.1. The fraction of sp³-hybridized carbons (Fsp3) is 0.405. The highest BCUT2D eigenvalue weighted by Crippen LogP contribution is 2.35. The molecule has 0 radical (unpaired) electrons. The molecule has 1 aromatic heterocycles. The number of benzene rings is 3. The van der Waals surface area contributed by atoms with Gasteiger partial charge >= 0.3 is 5.97 Å². The number of fused-ring (bicyclic) bond motifs is 1. The summed E-state index contributed by atoms with van der Waals surface area (Å²) in [6.45, 7) is 13.2. The van der Waals surface area contributed by atoms with Crippen LogP contribution in [0.5, 0.6) is 5.75 Å². The summed E-state index contributed by atoms with van der Waals surface area (Å²) in [6, 6.07) is 19.7. The largest absolute Gasteiger partial charge is 0.479 e. The third-order valence-electron chi connectivity index (χ3n) is 8.98. The van der Waals surface area contributed by atoms with Crippen molar-refractivity contribution in [3.63, 3.8) is 0 Å². The zero-order chi connectivity index (χ0) is 31.8.